The zero-order valence-corrected chi connectivity index (χ0v) is 11.1. The van der Waals surface area contributed by atoms with Gasteiger partial charge < -0.3 is 5.73 Å². The number of hydrogen-bond donors (Lipinski definition) is 2. The number of nitrogen functional groups attached to an aromatic ring is 1. The Balaban J connectivity index is 1.99. The number of nitrogens with two attached hydrogens (primary N) is 1. The summed E-state index contributed by atoms with van der Waals surface area (Å²) in [6, 6.07) is 3.54. The second kappa shape index (κ2) is 4.24. The number of sulfonamides is 1. The molecule has 0 aromatic heterocycles. The lowest BCUT2D eigenvalue weighted by Crippen LogP contribution is -2.26. The van der Waals surface area contributed by atoms with Gasteiger partial charge in [0.15, 0.2) is 0 Å². The van der Waals surface area contributed by atoms with Gasteiger partial charge in [0.2, 0.25) is 10.0 Å². The summed E-state index contributed by atoms with van der Waals surface area (Å²) >= 11 is 0. The van der Waals surface area contributed by atoms with E-state index in [1.54, 1.807) is 12.1 Å². The van der Waals surface area contributed by atoms with Crippen molar-refractivity contribution in [1.29, 1.82) is 0 Å². The normalized spacial score (nSPS) is 19.6. The van der Waals surface area contributed by atoms with Crippen molar-refractivity contribution in [2.45, 2.75) is 49.5 Å². The first-order valence-electron chi connectivity index (χ1n) is 6.50. The first kappa shape index (κ1) is 12.0. The standard InChI is InChI=1S/C13H18N2O2S/c14-13-8-11(18(16,17)15-10-5-6-10)7-9-3-1-2-4-12(9)13/h7-8,10,15H,1-6,14H2. The molecule has 0 radical (unpaired) electrons. The van der Waals surface area contributed by atoms with Gasteiger partial charge in [-0.2, -0.15) is 0 Å². The molecule has 0 spiro atoms. The van der Waals surface area contributed by atoms with E-state index < -0.39 is 10.0 Å². The van der Waals surface area contributed by atoms with Gasteiger partial charge in [-0.3, -0.25) is 0 Å². The molecule has 0 amide bonds. The van der Waals surface area contributed by atoms with Crippen LogP contribution in [-0.2, 0) is 22.9 Å². The van der Waals surface area contributed by atoms with E-state index in [4.69, 9.17) is 5.73 Å². The van der Waals surface area contributed by atoms with Crippen molar-refractivity contribution in [2.24, 2.45) is 0 Å². The Kier molecular flexibility index (Phi) is 2.83. The summed E-state index contributed by atoms with van der Waals surface area (Å²) in [4.78, 5) is 0.326. The summed E-state index contributed by atoms with van der Waals surface area (Å²) in [5.74, 6) is 0. The number of rotatable bonds is 3. The third kappa shape index (κ3) is 2.24. The Morgan fingerprint density at radius 2 is 1.89 bits per heavy atom. The van der Waals surface area contributed by atoms with E-state index in [2.05, 4.69) is 4.72 Å². The molecule has 0 unspecified atom stereocenters. The quantitative estimate of drug-likeness (QED) is 0.816. The highest BCUT2D eigenvalue weighted by atomic mass is 32.2. The fourth-order valence-electron chi connectivity index (χ4n) is 2.52. The van der Waals surface area contributed by atoms with Crippen LogP contribution in [0.25, 0.3) is 0 Å². The van der Waals surface area contributed by atoms with E-state index in [0.717, 1.165) is 49.7 Å². The summed E-state index contributed by atoms with van der Waals surface area (Å²) in [6.07, 6.45) is 6.05. The molecule has 0 bridgehead atoms. The van der Waals surface area contributed by atoms with Gasteiger partial charge in [0, 0.05) is 11.7 Å². The summed E-state index contributed by atoms with van der Waals surface area (Å²) in [7, 11) is -3.38. The molecule has 1 aromatic carbocycles. The van der Waals surface area contributed by atoms with Gasteiger partial charge in [0.1, 0.15) is 0 Å². The van der Waals surface area contributed by atoms with E-state index in [1.807, 2.05) is 0 Å². The van der Waals surface area contributed by atoms with Crippen molar-refractivity contribution >= 4 is 15.7 Å². The van der Waals surface area contributed by atoms with Crippen LogP contribution in [0.1, 0.15) is 36.8 Å². The number of hydrogen-bond acceptors (Lipinski definition) is 3. The van der Waals surface area contributed by atoms with Crippen molar-refractivity contribution in [3.05, 3.63) is 23.3 Å². The molecule has 0 saturated heterocycles. The minimum atomic E-state index is -3.38. The van der Waals surface area contributed by atoms with Gasteiger partial charge >= 0.3 is 0 Å². The summed E-state index contributed by atoms with van der Waals surface area (Å²) in [6.45, 7) is 0. The van der Waals surface area contributed by atoms with Gasteiger partial charge in [-0.15, -0.1) is 0 Å². The molecule has 1 aromatic rings. The lowest BCUT2D eigenvalue weighted by molar-refractivity contribution is 0.580. The average Bonchev–Trinajstić information content (AvgIpc) is 3.12. The molecule has 3 N–H and O–H groups in total. The smallest absolute Gasteiger partial charge is 0.240 e. The fourth-order valence-corrected chi connectivity index (χ4v) is 3.91. The molecular weight excluding hydrogens is 248 g/mol. The third-order valence-corrected chi connectivity index (χ3v) is 5.18. The van der Waals surface area contributed by atoms with Crippen LogP contribution < -0.4 is 10.5 Å². The first-order valence-corrected chi connectivity index (χ1v) is 7.98. The average molecular weight is 266 g/mol. The largest absolute Gasteiger partial charge is 0.398 e. The molecule has 98 valence electrons. The minimum Gasteiger partial charge on any atom is -0.398 e. The SMILES string of the molecule is Nc1cc(S(=O)(=O)NC2CC2)cc2c1CCCC2. The Morgan fingerprint density at radius 3 is 2.61 bits per heavy atom. The molecule has 0 heterocycles. The van der Waals surface area contributed by atoms with E-state index in [9.17, 15) is 8.42 Å². The van der Waals surface area contributed by atoms with Crippen LogP contribution in [0.4, 0.5) is 5.69 Å². The van der Waals surface area contributed by atoms with Crippen LogP contribution in [0.2, 0.25) is 0 Å². The lowest BCUT2D eigenvalue weighted by atomic mass is 9.91. The van der Waals surface area contributed by atoms with Crippen molar-refractivity contribution in [3.8, 4) is 0 Å². The fraction of sp³-hybridized carbons (Fsp3) is 0.538. The maximum Gasteiger partial charge on any atom is 0.240 e. The summed E-state index contributed by atoms with van der Waals surface area (Å²) in [5.41, 5.74) is 8.87. The van der Waals surface area contributed by atoms with Gasteiger partial charge in [-0.1, -0.05) is 0 Å². The number of fused-ring (bicyclic) bond motifs is 1. The van der Waals surface area contributed by atoms with E-state index in [0.29, 0.717) is 10.6 Å². The van der Waals surface area contributed by atoms with Gasteiger partial charge in [0.25, 0.3) is 0 Å². The minimum absolute atomic E-state index is 0.132. The topological polar surface area (TPSA) is 72.2 Å². The Labute approximate surface area is 108 Å². The van der Waals surface area contributed by atoms with E-state index in [1.165, 1.54) is 0 Å². The molecule has 1 fully saturated rings. The van der Waals surface area contributed by atoms with Gasteiger partial charge in [-0.25, -0.2) is 13.1 Å². The molecule has 5 heteroatoms. The molecule has 0 atom stereocenters. The van der Waals surface area contributed by atoms with Gasteiger partial charge in [0.05, 0.1) is 4.90 Å². The molecule has 2 aliphatic carbocycles. The summed E-state index contributed by atoms with van der Waals surface area (Å²) < 4.78 is 27.0. The predicted molar refractivity (Wildman–Crippen MR) is 70.8 cm³/mol. The lowest BCUT2D eigenvalue weighted by Gasteiger charge is -2.19. The van der Waals surface area contributed by atoms with Crippen LogP contribution in [0.15, 0.2) is 17.0 Å². The number of anilines is 1. The first-order chi connectivity index (χ1) is 8.56. The van der Waals surface area contributed by atoms with Crippen molar-refractivity contribution in [3.63, 3.8) is 0 Å². The molecule has 0 aliphatic heterocycles. The van der Waals surface area contributed by atoms with E-state index >= 15 is 0 Å². The number of benzene rings is 1. The maximum atomic E-state index is 12.2. The van der Waals surface area contributed by atoms with Crippen molar-refractivity contribution < 1.29 is 8.42 Å². The van der Waals surface area contributed by atoms with Crippen LogP contribution in [-0.4, -0.2) is 14.5 Å². The highest BCUT2D eigenvalue weighted by molar-refractivity contribution is 7.89. The third-order valence-electron chi connectivity index (χ3n) is 3.68. The van der Waals surface area contributed by atoms with Crippen LogP contribution in [0.5, 0.6) is 0 Å². The van der Waals surface area contributed by atoms with Crippen molar-refractivity contribution in [1.82, 2.24) is 4.72 Å². The van der Waals surface area contributed by atoms with Crippen LogP contribution in [0, 0.1) is 0 Å². The molecule has 18 heavy (non-hydrogen) atoms. The van der Waals surface area contributed by atoms with Crippen molar-refractivity contribution in [2.75, 3.05) is 5.73 Å². The van der Waals surface area contributed by atoms with Crippen LogP contribution in [0.3, 0.4) is 0 Å². The monoisotopic (exact) mass is 266 g/mol. The van der Waals surface area contributed by atoms with E-state index in [-0.39, 0.29) is 6.04 Å². The second-order valence-electron chi connectivity index (χ2n) is 5.25. The second-order valence-corrected chi connectivity index (χ2v) is 6.97. The molecule has 2 aliphatic rings. The molecule has 4 nitrogen and oxygen atoms in total. The highest BCUT2D eigenvalue weighted by Crippen LogP contribution is 2.30. The Bertz CT molecular complexity index is 577. The van der Waals surface area contributed by atoms with Crippen LogP contribution >= 0.6 is 0 Å². The number of aryl methyl sites for hydroxylation is 1. The zero-order chi connectivity index (χ0) is 12.8. The maximum absolute atomic E-state index is 12.2. The number of nitrogens with one attached hydrogen (secondary N) is 1. The highest BCUT2D eigenvalue weighted by Gasteiger charge is 2.29. The Morgan fingerprint density at radius 1 is 1.17 bits per heavy atom. The predicted octanol–water partition coefficient (Wildman–Crippen LogP) is 1.59. The molecule has 1 saturated carbocycles. The molecule has 3 rings (SSSR count). The molecular formula is C13H18N2O2S. The summed E-state index contributed by atoms with van der Waals surface area (Å²) in [5, 5.41) is 0. The zero-order valence-electron chi connectivity index (χ0n) is 10.3. The Hall–Kier alpha value is -1.07. The van der Waals surface area contributed by atoms with Gasteiger partial charge in [-0.05, 0) is 61.8 Å².